The molecule has 18 N–H and O–H groups in total. The third-order valence-electron chi connectivity index (χ3n) is 15.9. The van der Waals surface area contributed by atoms with Gasteiger partial charge in [-0.3, -0.25) is 52.7 Å². The summed E-state index contributed by atoms with van der Waals surface area (Å²) in [6.07, 6.45) is 3.89. The maximum absolute atomic E-state index is 15.0. The highest BCUT2D eigenvalue weighted by Gasteiger charge is 2.36. The van der Waals surface area contributed by atoms with Gasteiger partial charge < -0.3 is 84.5 Å². The molecule has 7 aromatic rings. The monoisotopic (exact) mass is 1390 g/mol. The molecule has 0 aliphatic carbocycles. The van der Waals surface area contributed by atoms with E-state index >= 15 is 0 Å². The highest BCUT2D eigenvalue weighted by atomic mass is 32.2. The molecule has 98 heavy (non-hydrogen) atoms. The number of unbranched alkanes of at least 4 members (excludes halogenated alkanes) is 1. The van der Waals surface area contributed by atoms with E-state index in [0.717, 1.165) is 17.2 Å². The number of aromatic hydroxyl groups is 1. The van der Waals surface area contributed by atoms with Crippen LogP contribution in [0.3, 0.4) is 0 Å². The minimum Gasteiger partial charge on any atom is -0.508 e. The number of fused-ring (bicyclic) bond motifs is 4. The maximum Gasteiger partial charge on any atom is 0.305 e. The number of hydrogen-bond donors (Lipinski definition) is 16. The summed E-state index contributed by atoms with van der Waals surface area (Å²) in [6, 6.07) is 8.30. The van der Waals surface area contributed by atoms with Crippen LogP contribution in [-0.2, 0) is 89.9 Å². The number of carboxylic acid groups (broad SMARTS) is 1. The number of phenols is 1. The number of carbonyl (C=O) groups is 11. The summed E-state index contributed by atoms with van der Waals surface area (Å²) in [6.45, 7) is 0.874. The van der Waals surface area contributed by atoms with Gasteiger partial charge in [0.15, 0.2) is 0 Å². The van der Waals surface area contributed by atoms with Gasteiger partial charge in [-0.1, -0.05) is 36.4 Å². The average Bonchev–Trinajstić information content (AvgIpc) is 1.66. The van der Waals surface area contributed by atoms with E-state index in [1.807, 2.05) is 24.3 Å². The first-order valence-corrected chi connectivity index (χ1v) is 33.7. The minimum atomic E-state index is -2.05. The molecule has 32 heteroatoms. The summed E-state index contributed by atoms with van der Waals surface area (Å²) in [7, 11) is 0. The number of carboxylic acids is 1. The molecule has 0 unspecified atom stereocenters. The number of aliphatic carboxylic acids is 1. The zero-order valence-corrected chi connectivity index (χ0v) is 54.8. The Morgan fingerprint density at radius 3 is 1.72 bits per heavy atom. The first-order valence-electron chi connectivity index (χ1n) is 31.4. The number of nitrogens with zero attached hydrogens (tertiary/aromatic N) is 1. The standard InChI is InChI=1S/C66H77F2N15O13S2/c1-35-60(90)83-55(59(70)89)33-98-32-38-6-4-5-37(19-38)31-97-18-16-56(85)77-49(7-2-3-17-69)61(91)74-30-57(86)78-51(21-39-27-72-47-14-10-41(67)23-45(39)47)63(93)80-52(22-40-28-73-48-15-11-42(68)24-46(40)48)64(94)82-54(26-58(87)88)66(96)81-53(25-43-29-71-34-75-43)65(95)79-50(62(92)76-35)20-36-8-12-44(84)13-9-36/h4-6,8-15,19,23-24,27-29,34-35,49-55,72-73,84H,2-3,7,16-18,20-22,25-26,30-33,69H2,1H3,(H2,70,89)(H,71,75)(H,74,91)(H,76,92)(H,77,85)(H,78,86)(H,79,95)(H,80,93)(H,81,96)(H,82,94)(H,83,90)(H,87,88)/t35-,49-,50-,51-,52-,53-,54-,55-/m0/s1. The number of halogens is 2. The Morgan fingerprint density at radius 1 is 0.592 bits per heavy atom. The van der Waals surface area contributed by atoms with Gasteiger partial charge in [0.1, 0.15) is 65.7 Å². The van der Waals surface area contributed by atoms with E-state index in [2.05, 4.69) is 67.8 Å². The van der Waals surface area contributed by atoms with Gasteiger partial charge in [-0.2, -0.15) is 23.5 Å². The van der Waals surface area contributed by atoms with Crippen molar-refractivity contribution < 1.29 is 71.7 Å². The van der Waals surface area contributed by atoms with Crippen LogP contribution in [0.25, 0.3) is 21.8 Å². The molecule has 0 saturated heterocycles. The van der Waals surface area contributed by atoms with Crippen LogP contribution in [0, 0.1) is 11.6 Å². The van der Waals surface area contributed by atoms with Gasteiger partial charge in [-0.05, 0) is 109 Å². The van der Waals surface area contributed by atoms with Gasteiger partial charge in [0.05, 0.1) is 19.3 Å². The second-order valence-electron chi connectivity index (χ2n) is 23.5. The number of aromatic amines is 3. The number of aromatic nitrogens is 4. The van der Waals surface area contributed by atoms with Crippen molar-refractivity contribution in [1.29, 1.82) is 0 Å². The highest BCUT2D eigenvalue weighted by Crippen LogP contribution is 2.25. The quantitative estimate of drug-likeness (QED) is 0.0643. The third kappa shape index (κ3) is 21.8. The Balaban J connectivity index is 1.13. The summed E-state index contributed by atoms with van der Waals surface area (Å²) in [5.74, 6) is -11.1. The van der Waals surface area contributed by atoms with Crippen LogP contribution in [0.15, 0.2) is 110 Å². The molecule has 28 nitrogen and oxygen atoms in total. The molecule has 10 amide bonds. The number of amides is 10. The lowest BCUT2D eigenvalue weighted by atomic mass is 10.0. The van der Waals surface area contributed by atoms with Crippen LogP contribution in [0.2, 0.25) is 0 Å². The summed E-state index contributed by atoms with van der Waals surface area (Å²) in [4.78, 5) is 167. The molecular formula is C66H77F2N15O13S2. The van der Waals surface area contributed by atoms with E-state index < -0.39 is 151 Å². The smallest absolute Gasteiger partial charge is 0.305 e. The molecule has 1 aliphatic rings. The molecule has 0 spiro atoms. The summed E-state index contributed by atoms with van der Waals surface area (Å²) >= 11 is 2.75. The van der Waals surface area contributed by atoms with E-state index in [9.17, 15) is 71.7 Å². The molecule has 0 saturated carbocycles. The lowest BCUT2D eigenvalue weighted by Crippen LogP contribution is -2.61. The first-order chi connectivity index (χ1) is 47.0. The molecule has 1 aliphatic heterocycles. The highest BCUT2D eigenvalue weighted by molar-refractivity contribution is 7.98. The maximum atomic E-state index is 15.0. The van der Waals surface area contributed by atoms with Crippen LogP contribution in [-0.4, -0.2) is 168 Å². The van der Waals surface area contributed by atoms with Gasteiger partial charge in [-0.25, -0.2) is 13.8 Å². The molecule has 4 aromatic carbocycles. The van der Waals surface area contributed by atoms with Crippen LogP contribution in [0.1, 0.15) is 72.5 Å². The molecule has 0 radical (unpaired) electrons. The zero-order valence-electron chi connectivity index (χ0n) is 53.2. The van der Waals surface area contributed by atoms with Gasteiger partial charge in [0.25, 0.3) is 0 Å². The van der Waals surface area contributed by atoms with Crippen molar-refractivity contribution in [3.63, 3.8) is 0 Å². The Labute approximate surface area is 568 Å². The summed E-state index contributed by atoms with van der Waals surface area (Å²) < 4.78 is 29.7. The van der Waals surface area contributed by atoms with Crippen molar-refractivity contribution in [2.24, 2.45) is 11.5 Å². The second kappa shape index (κ2) is 35.6. The van der Waals surface area contributed by atoms with Gasteiger partial charge in [0.2, 0.25) is 59.1 Å². The fourth-order valence-electron chi connectivity index (χ4n) is 10.8. The Bertz CT molecular complexity index is 4010. The number of imidazole rings is 1. The van der Waals surface area contributed by atoms with E-state index in [4.69, 9.17) is 11.5 Å². The first kappa shape index (κ1) is 73.5. The number of carbonyl (C=O) groups excluding carboxylic acids is 10. The zero-order chi connectivity index (χ0) is 70.4. The number of primary amides is 1. The lowest BCUT2D eigenvalue weighted by Gasteiger charge is -2.27. The molecular weight excluding hydrogens is 1310 g/mol. The second-order valence-corrected chi connectivity index (χ2v) is 25.6. The predicted octanol–water partition coefficient (Wildman–Crippen LogP) is 1.30. The summed E-state index contributed by atoms with van der Waals surface area (Å²) in [5.41, 5.74) is 15.3. The van der Waals surface area contributed by atoms with Gasteiger partial charge in [0, 0.05) is 101 Å². The van der Waals surface area contributed by atoms with Crippen molar-refractivity contribution >= 4 is 110 Å². The Morgan fingerprint density at radius 2 is 1.14 bits per heavy atom. The number of H-pyrrole nitrogens is 3. The van der Waals surface area contributed by atoms with Crippen LogP contribution in [0.4, 0.5) is 8.78 Å². The van der Waals surface area contributed by atoms with Crippen molar-refractivity contribution in [3.05, 3.63) is 155 Å². The van der Waals surface area contributed by atoms with Crippen LogP contribution in [0.5, 0.6) is 5.75 Å². The molecule has 8 atom stereocenters. The number of nitrogens with one attached hydrogen (secondary N) is 12. The number of hydrogen-bond acceptors (Lipinski definition) is 16. The van der Waals surface area contributed by atoms with Crippen molar-refractivity contribution in [2.75, 3.05) is 24.6 Å². The third-order valence-corrected chi connectivity index (χ3v) is 18.1. The van der Waals surface area contributed by atoms with E-state index in [0.29, 0.717) is 64.2 Å². The molecule has 0 fully saturated rings. The molecule has 520 valence electrons. The Hall–Kier alpha value is -10.3. The minimum absolute atomic E-state index is 0.00609. The van der Waals surface area contributed by atoms with Crippen molar-refractivity contribution in [3.8, 4) is 5.75 Å². The predicted molar refractivity (Wildman–Crippen MR) is 360 cm³/mol. The Kier molecular flexibility index (Phi) is 26.7. The summed E-state index contributed by atoms with van der Waals surface area (Å²) in [5, 5.41) is 44.0. The molecule has 2 bridgehead atoms. The van der Waals surface area contributed by atoms with Gasteiger partial charge >= 0.3 is 5.97 Å². The fraction of sp³-hybridized carbons (Fsp3) is 0.364. The van der Waals surface area contributed by atoms with Crippen LogP contribution >= 0.6 is 23.5 Å². The van der Waals surface area contributed by atoms with E-state index in [1.54, 1.807) is 0 Å². The largest absolute Gasteiger partial charge is 0.508 e. The van der Waals surface area contributed by atoms with E-state index in [-0.39, 0.29) is 53.8 Å². The topological polar surface area (TPSA) is 449 Å². The van der Waals surface area contributed by atoms with Gasteiger partial charge in [-0.15, -0.1) is 0 Å². The van der Waals surface area contributed by atoms with E-state index in [1.165, 1.54) is 110 Å². The SMILES string of the molecule is C[C@@H]1NC(=O)[C@H](Cc2ccc(O)cc2)NC(=O)[C@H](Cc2cnc[nH]2)NC(=O)[C@H](CC(=O)O)NC(=O)[C@H](Cc2c[nH]c3ccc(F)cc23)NC(=O)[C@H](Cc2c[nH]c3ccc(F)cc23)NC(=O)CNC(=O)[C@H](CCCCN)NC(=O)CCSCc2cccc(c2)CSC[C@@H](C(N)=O)NC1=O. The number of phenolic OH excluding ortho intramolecular Hbond substituents is 1. The molecule has 4 heterocycles. The average molecular weight is 1390 g/mol. The number of thioether (sulfide) groups is 2. The molecule has 3 aromatic heterocycles. The van der Waals surface area contributed by atoms with Crippen molar-refractivity contribution in [1.82, 2.24) is 67.8 Å². The molecule has 8 rings (SSSR count). The lowest BCUT2D eigenvalue weighted by molar-refractivity contribution is -0.141. The normalized spacial score (nSPS) is 21.6. The number of rotatable bonds is 15. The fourth-order valence-corrected chi connectivity index (χ4v) is 12.7. The van der Waals surface area contributed by atoms with Crippen molar-refractivity contribution in [2.45, 2.75) is 125 Å². The number of nitrogens with two attached hydrogens (primary N) is 2. The number of benzene rings is 4. The van der Waals surface area contributed by atoms with Crippen LogP contribution < -0.4 is 59.3 Å².